The minimum atomic E-state index is -3.67. The predicted molar refractivity (Wildman–Crippen MR) is 70.0 cm³/mol. The van der Waals surface area contributed by atoms with E-state index in [-0.39, 0.29) is 5.03 Å². The smallest absolute Gasteiger partial charge is 0.283 e. The van der Waals surface area contributed by atoms with E-state index in [2.05, 4.69) is 4.98 Å². The van der Waals surface area contributed by atoms with E-state index in [4.69, 9.17) is 5.26 Å². The Labute approximate surface area is 111 Å². The largest absolute Gasteiger partial charge is 0.339 e. The zero-order valence-electron chi connectivity index (χ0n) is 10.5. The Bertz CT molecular complexity index is 726. The fourth-order valence-electron chi connectivity index (χ4n) is 1.55. The van der Waals surface area contributed by atoms with E-state index in [1.54, 1.807) is 35.9 Å². The van der Waals surface area contributed by atoms with Gasteiger partial charge in [-0.25, -0.2) is 4.98 Å². The van der Waals surface area contributed by atoms with Gasteiger partial charge in [-0.15, -0.1) is 0 Å². The van der Waals surface area contributed by atoms with E-state index >= 15 is 0 Å². The van der Waals surface area contributed by atoms with Crippen LogP contribution in [0.4, 0.5) is 5.69 Å². The van der Waals surface area contributed by atoms with Gasteiger partial charge in [-0.05, 0) is 24.3 Å². The normalized spacial score (nSPS) is 11.0. The van der Waals surface area contributed by atoms with Gasteiger partial charge in [0, 0.05) is 20.3 Å². The average Bonchev–Trinajstić information content (AvgIpc) is 2.85. The van der Waals surface area contributed by atoms with Crippen molar-refractivity contribution < 1.29 is 8.42 Å². The van der Waals surface area contributed by atoms with Crippen LogP contribution < -0.4 is 4.31 Å². The third-order valence-electron chi connectivity index (χ3n) is 2.67. The van der Waals surface area contributed by atoms with Gasteiger partial charge in [0.05, 0.1) is 23.6 Å². The molecule has 0 saturated carbocycles. The number of anilines is 1. The topological polar surface area (TPSA) is 79.0 Å². The first-order chi connectivity index (χ1) is 8.95. The molecule has 0 fully saturated rings. The van der Waals surface area contributed by atoms with Gasteiger partial charge in [0.25, 0.3) is 10.0 Å². The Kier molecular flexibility index (Phi) is 3.27. The molecule has 1 aromatic carbocycles. The summed E-state index contributed by atoms with van der Waals surface area (Å²) in [6.07, 6.45) is 2.87. The molecule has 0 aliphatic heterocycles. The second-order valence-corrected chi connectivity index (χ2v) is 5.92. The molecule has 2 rings (SSSR count). The summed E-state index contributed by atoms with van der Waals surface area (Å²) in [7, 11) is -0.520. The van der Waals surface area contributed by atoms with Crippen molar-refractivity contribution in [2.24, 2.45) is 7.05 Å². The molecule has 6 nitrogen and oxygen atoms in total. The number of nitrogens with zero attached hydrogens (tertiary/aromatic N) is 4. The highest BCUT2D eigenvalue weighted by Crippen LogP contribution is 2.20. The fraction of sp³-hybridized carbons (Fsp3) is 0.167. The van der Waals surface area contributed by atoms with Gasteiger partial charge in [0.15, 0.2) is 5.03 Å². The van der Waals surface area contributed by atoms with Crippen LogP contribution >= 0.6 is 0 Å². The van der Waals surface area contributed by atoms with Gasteiger partial charge >= 0.3 is 0 Å². The van der Waals surface area contributed by atoms with E-state index < -0.39 is 10.0 Å². The van der Waals surface area contributed by atoms with E-state index in [0.29, 0.717) is 11.3 Å². The minimum absolute atomic E-state index is 0.0122. The van der Waals surface area contributed by atoms with Gasteiger partial charge in [0.1, 0.15) is 0 Å². The average molecular weight is 276 g/mol. The number of hydrogen-bond donors (Lipinski definition) is 0. The number of benzene rings is 1. The zero-order valence-corrected chi connectivity index (χ0v) is 11.3. The summed E-state index contributed by atoms with van der Waals surface area (Å²) in [6, 6.07) is 8.29. The van der Waals surface area contributed by atoms with E-state index in [1.165, 1.54) is 19.6 Å². The maximum Gasteiger partial charge on any atom is 0.283 e. The number of imidazole rings is 1. The van der Waals surface area contributed by atoms with Crippen LogP contribution in [0, 0.1) is 11.3 Å². The maximum atomic E-state index is 12.3. The first kappa shape index (κ1) is 13.1. The standard InChI is InChI=1S/C12H12N4O2S/c1-15-8-12(14-9-15)19(17,18)16(2)11-5-3-10(7-13)4-6-11/h3-6,8-9H,1-2H3. The Morgan fingerprint density at radius 3 is 2.42 bits per heavy atom. The zero-order chi connectivity index (χ0) is 14.0. The molecular weight excluding hydrogens is 264 g/mol. The lowest BCUT2D eigenvalue weighted by Crippen LogP contribution is -2.26. The number of aromatic nitrogens is 2. The minimum Gasteiger partial charge on any atom is -0.339 e. The van der Waals surface area contributed by atoms with Crippen molar-refractivity contribution in [2.45, 2.75) is 5.03 Å². The Hall–Kier alpha value is -2.33. The summed E-state index contributed by atoms with van der Waals surface area (Å²) in [5, 5.41) is 8.70. The number of aryl methyl sites for hydroxylation is 1. The molecule has 0 aliphatic rings. The SMILES string of the molecule is CN(c1ccc(C#N)cc1)S(=O)(=O)c1cn(C)cn1. The van der Waals surface area contributed by atoms with Crippen molar-refractivity contribution >= 4 is 15.7 Å². The number of sulfonamides is 1. The third kappa shape index (κ3) is 2.44. The molecule has 0 bridgehead atoms. The second-order valence-electron chi connectivity index (χ2n) is 4.01. The highest BCUT2D eigenvalue weighted by molar-refractivity contribution is 7.92. The Balaban J connectivity index is 2.37. The maximum absolute atomic E-state index is 12.3. The molecule has 2 aromatic rings. The van der Waals surface area contributed by atoms with Crippen molar-refractivity contribution in [1.29, 1.82) is 5.26 Å². The summed E-state index contributed by atoms with van der Waals surface area (Å²) in [5.74, 6) is 0. The predicted octanol–water partition coefficient (Wildman–Crippen LogP) is 1.12. The lowest BCUT2D eigenvalue weighted by molar-refractivity contribution is 0.591. The van der Waals surface area contributed by atoms with Crippen LogP contribution in [0.2, 0.25) is 0 Å². The molecular formula is C12H12N4O2S. The fourth-order valence-corrected chi connectivity index (χ4v) is 2.71. The van der Waals surface area contributed by atoms with Crippen molar-refractivity contribution in [3.05, 3.63) is 42.4 Å². The summed E-state index contributed by atoms with van der Waals surface area (Å²) in [5.41, 5.74) is 0.956. The van der Waals surface area contributed by atoms with E-state index in [1.807, 2.05) is 6.07 Å². The molecule has 0 radical (unpaired) electrons. The molecule has 0 amide bonds. The lowest BCUT2D eigenvalue weighted by Gasteiger charge is -2.17. The van der Waals surface area contributed by atoms with Crippen LogP contribution in [0.25, 0.3) is 0 Å². The molecule has 0 N–H and O–H groups in total. The first-order valence-electron chi connectivity index (χ1n) is 5.42. The first-order valence-corrected chi connectivity index (χ1v) is 6.86. The van der Waals surface area contributed by atoms with Crippen LogP contribution in [-0.4, -0.2) is 25.0 Å². The number of nitriles is 1. The van der Waals surface area contributed by atoms with Gasteiger partial charge in [0.2, 0.25) is 0 Å². The van der Waals surface area contributed by atoms with Crippen LogP contribution in [0.1, 0.15) is 5.56 Å². The van der Waals surface area contributed by atoms with Crippen LogP contribution in [0.15, 0.2) is 41.8 Å². The molecule has 0 atom stereocenters. The Morgan fingerprint density at radius 2 is 1.95 bits per heavy atom. The summed E-state index contributed by atoms with van der Waals surface area (Å²) < 4.78 is 27.3. The molecule has 1 aromatic heterocycles. The summed E-state index contributed by atoms with van der Waals surface area (Å²) in [4.78, 5) is 3.85. The van der Waals surface area contributed by atoms with E-state index in [9.17, 15) is 8.42 Å². The van der Waals surface area contributed by atoms with Crippen molar-refractivity contribution in [2.75, 3.05) is 11.4 Å². The van der Waals surface area contributed by atoms with Crippen molar-refractivity contribution in [3.8, 4) is 6.07 Å². The van der Waals surface area contributed by atoms with Crippen molar-refractivity contribution in [3.63, 3.8) is 0 Å². The molecule has 7 heteroatoms. The van der Waals surface area contributed by atoms with Crippen LogP contribution in [0.3, 0.4) is 0 Å². The molecule has 0 aliphatic carbocycles. The Morgan fingerprint density at radius 1 is 1.32 bits per heavy atom. The molecule has 98 valence electrons. The lowest BCUT2D eigenvalue weighted by atomic mass is 10.2. The summed E-state index contributed by atoms with van der Waals surface area (Å²) in [6.45, 7) is 0. The molecule has 1 heterocycles. The van der Waals surface area contributed by atoms with Crippen molar-refractivity contribution in [1.82, 2.24) is 9.55 Å². The monoisotopic (exact) mass is 276 g/mol. The molecule has 0 spiro atoms. The van der Waals surface area contributed by atoms with E-state index in [0.717, 1.165) is 4.31 Å². The highest BCUT2D eigenvalue weighted by atomic mass is 32.2. The summed E-state index contributed by atoms with van der Waals surface area (Å²) >= 11 is 0. The quantitative estimate of drug-likeness (QED) is 0.841. The molecule has 0 saturated heterocycles. The van der Waals surface area contributed by atoms with Gasteiger partial charge < -0.3 is 4.57 Å². The highest BCUT2D eigenvalue weighted by Gasteiger charge is 2.23. The second kappa shape index (κ2) is 4.74. The van der Waals surface area contributed by atoms with Gasteiger partial charge in [-0.1, -0.05) is 0 Å². The molecule has 19 heavy (non-hydrogen) atoms. The van der Waals surface area contributed by atoms with Gasteiger partial charge in [-0.2, -0.15) is 13.7 Å². The van der Waals surface area contributed by atoms with Gasteiger partial charge in [-0.3, -0.25) is 4.31 Å². The molecule has 0 unspecified atom stereocenters. The number of hydrogen-bond acceptors (Lipinski definition) is 4. The van der Waals surface area contributed by atoms with Crippen LogP contribution in [-0.2, 0) is 17.1 Å². The van der Waals surface area contributed by atoms with Crippen LogP contribution in [0.5, 0.6) is 0 Å². The third-order valence-corrected chi connectivity index (χ3v) is 4.34. The number of rotatable bonds is 3.